The lowest BCUT2D eigenvalue weighted by atomic mass is 9.84. The predicted molar refractivity (Wildman–Crippen MR) is 77.8 cm³/mol. The number of nitrogens with zero attached hydrogens (tertiary/aromatic N) is 1. The van der Waals surface area contributed by atoms with Crippen molar-refractivity contribution >= 4 is 23.0 Å². The van der Waals surface area contributed by atoms with E-state index in [0.717, 1.165) is 24.4 Å². The maximum absolute atomic E-state index is 10.8. The van der Waals surface area contributed by atoms with Crippen LogP contribution in [0.25, 0.3) is 0 Å². The van der Waals surface area contributed by atoms with Crippen molar-refractivity contribution in [2.45, 2.75) is 45.1 Å². The fourth-order valence-corrected chi connectivity index (χ4v) is 2.88. The van der Waals surface area contributed by atoms with Crippen LogP contribution in [-0.4, -0.2) is 11.0 Å². The number of nitro groups is 1. The summed E-state index contributed by atoms with van der Waals surface area (Å²) in [6, 6.07) is 5.33. The molecule has 19 heavy (non-hydrogen) atoms. The zero-order chi connectivity index (χ0) is 13.8. The summed E-state index contributed by atoms with van der Waals surface area (Å²) in [5, 5.41) is 14.4. The quantitative estimate of drug-likeness (QED) is 0.647. The third kappa shape index (κ3) is 3.60. The van der Waals surface area contributed by atoms with Gasteiger partial charge in [-0.3, -0.25) is 10.1 Å². The molecular formula is C14H19ClN2O2. The van der Waals surface area contributed by atoms with Crippen LogP contribution in [0.1, 0.15) is 39.0 Å². The second kappa shape index (κ2) is 6.24. The van der Waals surface area contributed by atoms with Gasteiger partial charge in [-0.15, -0.1) is 0 Å². The molecule has 4 nitrogen and oxygen atoms in total. The van der Waals surface area contributed by atoms with E-state index in [0.29, 0.717) is 6.04 Å². The average molecular weight is 283 g/mol. The smallest absolute Gasteiger partial charge is 0.289 e. The van der Waals surface area contributed by atoms with E-state index < -0.39 is 4.92 Å². The standard InChI is InChI=1S/C14H19ClN2O2/c1-2-10-3-5-11(6-4-10)16-12-7-8-13(15)14(9-12)17(18)19/h7-11,16H,2-6H2,1H3. The zero-order valence-corrected chi connectivity index (χ0v) is 11.8. The van der Waals surface area contributed by atoms with Crippen LogP contribution in [0, 0.1) is 16.0 Å². The van der Waals surface area contributed by atoms with Crippen molar-refractivity contribution in [3.63, 3.8) is 0 Å². The number of hydrogen-bond donors (Lipinski definition) is 1. The Morgan fingerprint density at radius 1 is 1.37 bits per heavy atom. The molecule has 0 unspecified atom stereocenters. The first-order valence-corrected chi connectivity index (χ1v) is 7.18. The molecule has 0 saturated heterocycles. The lowest BCUT2D eigenvalue weighted by Crippen LogP contribution is -2.25. The molecule has 1 aromatic rings. The van der Waals surface area contributed by atoms with Crippen molar-refractivity contribution in [1.82, 2.24) is 0 Å². The van der Waals surface area contributed by atoms with E-state index in [1.165, 1.54) is 25.3 Å². The number of hydrogen-bond acceptors (Lipinski definition) is 3. The van der Waals surface area contributed by atoms with E-state index in [1.807, 2.05) is 0 Å². The van der Waals surface area contributed by atoms with Crippen LogP contribution in [0.5, 0.6) is 0 Å². The van der Waals surface area contributed by atoms with Gasteiger partial charge in [-0.05, 0) is 43.7 Å². The van der Waals surface area contributed by atoms with Gasteiger partial charge in [0.2, 0.25) is 0 Å². The number of nitrogens with one attached hydrogen (secondary N) is 1. The van der Waals surface area contributed by atoms with E-state index in [-0.39, 0.29) is 10.7 Å². The zero-order valence-electron chi connectivity index (χ0n) is 11.1. The highest BCUT2D eigenvalue weighted by Gasteiger charge is 2.20. The highest BCUT2D eigenvalue weighted by molar-refractivity contribution is 6.32. The van der Waals surface area contributed by atoms with Gasteiger partial charge >= 0.3 is 0 Å². The summed E-state index contributed by atoms with van der Waals surface area (Å²) in [7, 11) is 0. The minimum absolute atomic E-state index is 0.0334. The summed E-state index contributed by atoms with van der Waals surface area (Å²) in [4.78, 5) is 10.4. The molecular weight excluding hydrogens is 264 g/mol. The molecule has 1 fully saturated rings. The Kier molecular flexibility index (Phi) is 4.64. The molecule has 0 amide bonds. The highest BCUT2D eigenvalue weighted by atomic mass is 35.5. The number of benzene rings is 1. The minimum Gasteiger partial charge on any atom is -0.382 e. The molecule has 1 aliphatic carbocycles. The van der Waals surface area contributed by atoms with Gasteiger partial charge in [0, 0.05) is 17.8 Å². The molecule has 104 valence electrons. The summed E-state index contributed by atoms with van der Waals surface area (Å²) < 4.78 is 0. The Morgan fingerprint density at radius 2 is 2.05 bits per heavy atom. The first kappa shape index (κ1) is 14.1. The van der Waals surface area contributed by atoms with Crippen molar-refractivity contribution in [2.24, 2.45) is 5.92 Å². The van der Waals surface area contributed by atoms with Crippen LogP contribution < -0.4 is 5.32 Å². The van der Waals surface area contributed by atoms with Gasteiger partial charge in [0.25, 0.3) is 5.69 Å². The van der Waals surface area contributed by atoms with Crippen molar-refractivity contribution in [3.05, 3.63) is 33.3 Å². The minimum atomic E-state index is -0.443. The van der Waals surface area contributed by atoms with Gasteiger partial charge in [-0.25, -0.2) is 0 Å². The van der Waals surface area contributed by atoms with E-state index in [9.17, 15) is 10.1 Å². The summed E-state index contributed by atoms with van der Waals surface area (Å²) in [5.41, 5.74) is 0.755. The van der Waals surface area contributed by atoms with E-state index >= 15 is 0 Å². The summed E-state index contributed by atoms with van der Waals surface area (Å²) >= 11 is 5.80. The topological polar surface area (TPSA) is 55.2 Å². The maximum atomic E-state index is 10.8. The fraction of sp³-hybridized carbons (Fsp3) is 0.571. The van der Waals surface area contributed by atoms with E-state index in [2.05, 4.69) is 12.2 Å². The summed E-state index contributed by atoms with van der Waals surface area (Å²) in [6.07, 6.45) is 6.00. The van der Waals surface area contributed by atoms with Crippen LogP contribution in [0.4, 0.5) is 11.4 Å². The number of nitro benzene ring substituents is 1. The molecule has 0 aliphatic heterocycles. The van der Waals surface area contributed by atoms with Crippen LogP contribution in [-0.2, 0) is 0 Å². The van der Waals surface area contributed by atoms with Crippen LogP contribution in [0.15, 0.2) is 18.2 Å². The van der Waals surface area contributed by atoms with Crippen LogP contribution in [0.3, 0.4) is 0 Å². The molecule has 0 heterocycles. The second-order valence-electron chi connectivity index (χ2n) is 5.19. The molecule has 2 rings (SSSR count). The Bertz CT molecular complexity index is 457. The van der Waals surface area contributed by atoms with Gasteiger partial charge in [-0.1, -0.05) is 24.9 Å². The third-order valence-electron chi connectivity index (χ3n) is 3.94. The lowest BCUT2D eigenvalue weighted by Gasteiger charge is -2.29. The molecule has 1 aromatic carbocycles. The first-order valence-electron chi connectivity index (χ1n) is 6.80. The van der Waals surface area contributed by atoms with Gasteiger partial charge in [0.05, 0.1) is 4.92 Å². The Labute approximate surface area is 118 Å². The van der Waals surface area contributed by atoms with Crippen molar-refractivity contribution in [1.29, 1.82) is 0 Å². The molecule has 5 heteroatoms. The maximum Gasteiger partial charge on any atom is 0.289 e. The first-order chi connectivity index (χ1) is 9.10. The molecule has 1 saturated carbocycles. The van der Waals surface area contributed by atoms with Crippen molar-refractivity contribution in [3.8, 4) is 0 Å². The average Bonchev–Trinajstić information content (AvgIpc) is 2.41. The lowest BCUT2D eigenvalue weighted by molar-refractivity contribution is -0.384. The molecule has 0 aromatic heterocycles. The molecule has 0 bridgehead atoms. The highest BCUT2D eigenvalue weighted by Crippen LogP contribution is 2.31. The number of rotatable bonds is 4. The Hall–Kier alpha value is -1.29. The Balaban J connectivity index is 2.00. The normalized spacial score (nSPS) is 23.1. The number of anilines is 1. The molecule has 1 N–H and O–H groups in total. The van der Waals surface area contributed by atoms with Gasteiger partial charge in [0.15, 0.2) is 0 Å². The van der Waals surface area contributed by atoms with Crippen molar-refractivity contribution < 1.29 is 4.92 Å². The summed E-state index contributed by atoms with van der Waals surface area (Å²) in [6.45, 7) is 2.24. The van der Waals surface area contributed by atoms with E-state index in [1.54, 1.807) is 12.1 Å². The summed E-state index contributed by atoms with van der Waals surface area (Å²) in [5.74, 6) is 0.845. The van der Waals surface area contributed by atoms with Crippen molar-refractivity contribution in [2.75, 3.05) is 5.32 Å². The SMILES string of the molecule is CCC1CCC(Nc2ccc(Cl)c([N+](=O)[O-])c2)CC1. The Morgan fingerprint density at radius 3 is 2.63 bits per heavy atom. The molecule has 0 atom stereocenters. The predicted octanol–water partition coefficient (Wildman–Crippen LogP) is 4.63. The largest absolute Gasteiger partial charge is 0.382 e. The molecule has 0 spiro atoms. The van der Waals surface area contributed by atoms with Crippen LogP contribution >= 0.6 is 11.6 Å². The molecule has 1 aliphatic rings. The van der Waals surface area contributed by atoms with Gasteiger partial charge < -0.3 is 5.32 Å². The van der Waals surface area contributed by atoms with E-state index in [4.69, 9.17) is 11.6 Å². The number of halogens is 1. The van der Waals surface area contributed by atoms with Crippen LogP contribution in [0.2, 0.25) is 5.02 Å². The second-order valence-corrected chi connectivity index (χ2v) is 5.60. The van der Waals surface area contributed by atoms with Gasteiger partial charge in [-0.2, -0.15) is 0 Å². The monoisotopic (exact) mass is 282 g/mol. The third-order valence-corrected chi connectivity index (χ3v) is 4.26. The molecule has 0 radical (unpaired) electrons. The van der Waals surface area contributed by atoms with Gasteiger partial charge in [0.1, 0.15) is 5.02 Å². The fourth-order valence-electron chi connectivity index (χ4n) is 2.69.